The van der Waals surface area contributed by atoms with E-state index in [-0.39, 0.29) is 0 Å². The Kier molecular flexibility index (Phi) is 10.0. The molecule has 0 aromatic heterocycles. The van der Waals surface area contributed by atoms with Crippen molar-refractivity contribution < 1.29 is 0 Å². The molecule has 0 aliphatic rings. The molecule has 0 aromatic rings. The number of rotatable bonds is 8. The van der Waals surface area contributed by atoms with Crippen LogP contribution in [0, 0.1) is 5.41 Å². The van der Waals surface area contributed by atoms with Gasteiger partial charge in [0.05, 0.1) is 0 Å². The summed E-state index contributed by atoms with van der Waals surface area (Å²) in [4.78, 5) is 8.56. The molecule has 0 amide bonds. The van der Waals surface area contributed by atoms with E-state index in [1.807, 2.05) is 0 Å². The van der Waals surface area contributed by atoms with Crippen LogP contribution in [0.3, 0.4) is 0 Å². The third-order valence-corrected chi connectivity index (χ3v) is 4.80. The average Bonchev–Trinajstić information content (AvgIpc) is 2.39. The van der Waals surface area contributed by atoms with Crippen LogP contribution in [0.5, 0.6) is 0 Å². The lowest BCUT2D eigenvalue weighted by atomic mass is 9.91. The maximum atomic E-state index is 5.81. The smallest absolute Gasteiger partial charge is 0.195 e. The highest BCUT2D eigenvalue weighted by atomic mass is 127. The van der Waals surface area contributed by atoms with E-state index in [9.17, 15) is 0 Å². The van der Waals surface area contributed by atoms with E-state index < -0.39 is 0 Å². The van der Waals surface area contributed by atoms with Gasteiger partial charge >= 0.3 is 0 Å². The van der Waals surface area contributed by atoms with Crippen molar-refractivity contribution in [2.24, 2.45) is 26.9 Å². The molecule has 0 fully saturated rings. The Morgan fingerprint density at radius 3 is 1.82 bits per heavy atom. The van der Waals surface area contributed by atoms with E-state index in [4.69, 9.17) is 11.5 Å². The van der Waals surface area contributed by atoms with Gasteiger partial charge in [-0.2, -0.15) is 0 Å². The van der Waals surface area contributed by atoms with E-state index in [0.717, 1.165) is 25.7 Å². The number of nitrogens with two attached hydrogens (primary N) is 2. The van der Waals surface area contributed by atoms with E-state index in [1.54, 1.807) is 0 Å². The van der Waals surface area contributed by atoms with Crippen molar-refractivity contribution in [2.45, 2.75) is 70.1 Å². The maximum absolute atomic E-state index is 5.81. The first kappa shape index (κ1) is 21.5. The lowest BCUT2D eigenvalue weighted by molar-refractivity contribution is 0.368. The first-order valence-electron chi connectivity index (χ1n) is 8.11. The summed E-state index contributed by atoms with van der Waals surface area (Å²) in [5.74, 6) is 0.700. The third-order valence-electron chi connectivity index (χ3n) is 3.50. The van der Waals surface area contributed by atoms with Gasteiger partial charge in [-0.25, -0.2) is 0 Å². The molecule has 130 valence electrons. The fraction of sp³-hybridized carbons (Fsp3) is 0.875. The van der Waals surface area contributed by atoms with Crippen LogP contribution in [-0.4, -0.2) is 28.4 Å². The highest BCUT2D eigenvalue weighted by molar-refractivity contribution is 14.1. The Bertz CT molecular complexity index is 369. The largest absolute Gasteiger partial charge is 0.370 e. The molecule has 22 heavy (non-hydrogen) atoms. The summed E-state index contributed by atoms with van der Waals surface area (Å²) in [5, 5.41) is 2.84. The van der Waals surface area contributed by atoms with Crippen LogP contribution in [0.15, 0.2) is 9.98 Å². The van der Waals surface area contributed by atoms with Gasteiger partial charge in [-0.15, -0.1) is 0 Å². The predicted octanol–water partition coefficient (Wildman–Crippen LogP) is 3.42. The van der Waals surface area contributed by atoms with Gasteiger partial charge in [0.25, 0.3) is 0 Å². The van der Waals surface area contributed by atoms with Crippen molar-refractivity contribution in [1.29, 1.82) is 0 Å². The van der Waals surface area contributed by atoms with Crippen LogP contribution in [0.1, 0.15) is 66.7 Å². The fourth-order valence-corrected chi connectivity index (χ4v) is 2.22. The highest BCUT2D eigenvalue weighted by Crippen LogP contribution is 2.27. The average molecular weight is 423 g/mol. The summed E-state index contributed by atoms with van der Waals surface area (Å²) >= 11 is 2.51. The minimum atomic E-state index is 0.337. The maximum Gasteiger partial charge on any atom is 0.195 e. The van der Waals surface area contributed by atoms with Crippen molar-refractivity contribution in [3.63, 3.8) is 0 Å². The lowest BCUT2D eigenvalue weighted by Crippen LogP contribution is -2.41. The SMILES string of the molecule is CCC(C)(I)CCCN=C(N)NC(N)=NCCCC(C)(C)C. The zero-order valence-electron chi connectivity index (χ0n) is 14.9. The van der Waals surface area contributed by atoms with Crippen molar-refractivity contribution in [1.82, 2.24) is 5.32 Å². The molecule has 0 aliphatic heterocycles. The number of halogens is 1. The minimum Gasteiger partial charge on any atom is -0.370 e. The van der Waals surface area contributed by atoms with Gasteiger partial charge < -0.3 is 11.5 Å². The molecule has 0 radical (unpaired) electrons. The van der Waals surface area contributed by atoms with Crippen molar-refractivity contribution >= 4 is 34.5 Å². The summed E-state index contributed by atoms with van der Waals surface area (Å²) < 4.78 is 0.350. The van der Waals surface area contributed by atoms with E-state index >= 15 is 0 Å². The Balaban J connectivity index is 3.98. The Morgan fingerprint density at radius 2 is 1.41 bits per heavy atom. The number of hydrogen-bond acceptors (Lipinski definition) is 2. The monoisotopic (exact) mass is 423 g/mol. The molecular weight excluding hydrogens is 389 g/mol. The number of aliphatic imine (C=N–C) groups is 2. The van der Waals surface area contributed by atoms with Gasteiger partial charge in [0.2, 0.25) is 0 Å². The second-order valence-corrected chi connectivity index (χ2v) is 9.80. The van der Waals surface area contributed by atoms with Crippen molar-refractivity contribution in [3.05, 3.63) is 0 Å². The quantitative estimate of drug-likeness (QED) is 0.184. The zero-order chi connectivity index (χ0) is 17.2. The van der Waals surface area contributed by atoms with E-state index in [2.05, 4.69) is 72.5 Å². The van der Waals surface area contributed by atoms with E-state index in [0.29, 0.717) is 33.8 Å². The van der Waals surface area contributed by atoms with Gasteiger partial charge in [-0.3, -0.25) is 15.3 Å². The highest BCUT2D eigenvalue weighted by Gasteiger charge is 2.15. The molecule has 5 nitrogen and oxygen atoms in total. The lowest BCUT2D eigenvalue weighted by Gasteiger charge is -2.19. The Morgan fingerprint density at radius 1 is 0.955 bits per heavy atom. The van der Waals surface area contributed by atoms with Crippen LogP contribution in [-0.2, 0) is 0 Å². The van der Waals surface area contributed by atoms with Gasteiger partial charge in [0.15, 0.2) is 11.9 Å². The van der Waals surface area contributed by atoms with Crippen molar-refractivity contribution in [3.8, 4) is 0 Å². The Labute approximate surface area is 149 Å². The van der Waals surface area contributed by atoms with Crippen LogP contribution in [0.2, 0.25) is 0 Å². The van der Waals surface area contributed by atoms with Crippen LogP contribution < -0.4 is 16.8 Å². The molecule has 0 rings (SSSR count). The predicted molar refractivity (Wildman–Crippen MR) is 107 cm³/mol. The molecule has 5 N–H and O–H groups in total. The molecule has 0 aromatic carbocycles. The summed E-state index contributed by atoms with van der Waals surface area (Å²) in [5.41, 5.74) is 11.9. The first-order chi connectivity index (χ1) is 10.1. The van der Waals surface area contributed by atoms with Crippen molar-refractivity contribution in [2.75, 3.05) is 13.1 Å². The molecular formula is C16H34IN5. The zero-order valence-corrected chi connectivity index (χ0v) is 17.0. The molecule has 0 saturated carbocycles. The first-order valence-corrected chi connectivity index (χ1v) is 9.19. The van der Waals surface area contributed by atoms with E-state index in [1.165, 1.54) is 6.42 Å². The third kappa shape index (κ3) is 13.2. The fourth-order valence-electron chi connectivity index (χ4n) is 1.84. The molecule has 1 unspecified atom stereocenters. The number of nitrogens with one attached hydrogen (secondary N) is 1. The molecule has 6 heteroatoms. The van der Waals surface area contributed by atoms with Crippen LogP contribution >= 0.6 is 22.6 Å². The minimum absolute atomic E-state index is 0.337. The van der Waals surface area contributed by atoms with Gasteiger partial charge in [0.1, 0.15) is 0 Å². The normalized spacial score (nSPS) is 16.5. The van der Waals surface area contributed by atoms with Gasteiger partial charge in [-0.1, -0.05) is 57.2 Å². The number of hydrogen-bond donors (Lipinski definition) is 3. The summed E-state index contributed by atoms with van der Waals surface area (Å²) in [6.45, 7) is 12.6. The molecule has 1 atom stereocenters. The summed E-state index contributed by atoms with van der Waals surface area (Å²) in [6, 6.07) is 0. The molecule has 0 bridgehead atoms. The molecule has 0 aliphatic carbocycles. The molecule has 0 heterocycles. The van der Waals surface area contributed by atoms with Gasteiger partial charge in [0, 0.05) is 16.5 Å². The second kappa shape index (κ2) is 10.3. The van der Waals surface area contributed by atoms with Crippen LogP contribution in [0.4, 0.5) is 0 Å². The number of guanidine groups is 2. The Hall–Kier alpha value is -0.530. The standard InChI is InChI=1S/C16H34IN5/c1-6-16(5,17)10-8-12-21-14(19)22-13(18)20-11-7-9-15(2,3)4/h6-12H2,1-5H3,(H5,18,19,20,21,22). The summed E-state index contributed by atoms with van der Waals surface area (Å²) in [7, 11) is 0. The topological polar surface area (TPSA) is 88.8 Å². The molecule has 0 saturated heterocycles. The van der Waals surface area contributed by atoms with Crippen LogP contribution in [0.25, 0.3) is 0 Å². The van der Waals surface area contributed by atoms with Gasteiger partial charge in [-0.05, 0) is 37.5 Å². The summed E-state index contributed by atoms with van der Waals surface area (Å²) in [6.07, 6.45) is 5.47. The second-order valence-electron chi connectivity index (χ2n) is 7.19. The number of alkyl halides is 1. The molecule has 0 spiro atoms. The number of nitrogens with zero attached hydrogens (tertiary/aromatic N) is 2.